The summed E-state index contributed by atoms with van der Waals surface area (Å²) in [4.78, 5) is 4.57. The van der Waals surface area contributed by atoms with Gasteiger partial charge in [0.1, 0.15) is 0 Å². The number of hydrazine groups is 1. The number of aromatic nitrogens is 1. The van der Waals surface area contributed by atoms with Gasteiger partial charge in [-0.05, 0) is 35.8 Å². The van der Waals surface area contributed by atoms with Crippen molar-refractivity contribution in [1.82, 2.24) is 10.4 Å². The van der Waals surface area contributed by atoms with E-state index in [9.17, 15) is 0 Å². The zero-order valence-electron chi connectivity index (χ0n) is 12.3. The van der Waals surface area contributed by atoms with Crippen LogP contribution in [0, 0.1) is 11.3 Å². The van der Waals surface area contributed by atoms with E-state index in [-0.39, 0.29) is 6.04 Å². The van der Waals surface area contributed by atoms with Crippen LogP contribution in [0.5, 0.6) is 0 Å². The van der Waals surface area contributed by atoms with Gasteiger partial charge in [-0.2, -0.15) is 0 Å². The molecule has 1 aliphatic carbocycles. The van der Waals surface area contributed by atoms with E-state index < -0.39 is 0 Å². The molecule has 2 atom stereocenters. The molecule has 0 bridgehead atoms. The van der Waals surface area contributed by atoms with E-state index in [1.54, 1.807) is 0 Å². The monoisotopic (exact) mass is 269 g/mol. The van der Waals surface area contributed by atoms with Crippen molar-refractivity contribution in [2.45, 2.75) is 39.2 Å². The molecular weight excluding hydrogens is 246 g/mol. The number of fused-ring (bicyclic) bond motifs is 1. The van der Waals surface area contributed by atoms with Gasteiger partial charge in [0, 0.05) is 11.6 Å². The molecule has 3 N–H and O–H groups in total. The van der Waals surface area contributed by atoms with E-state index >= 15 is 0 Å². The maximum Gasteiger partial charge on any atom is 0.0750 e. The molecule has 3 nitrogen and oxygen atoms in total. The molecule has 20 heavy (non-hydrogen) atoms. The quantitative estimate of drug-likeness (QED) is 0.661. The van der Waals surface area contributed by atoms with Crippen LogP contribution in [0.1, 0.15) is 44.7 Å². The van der Waals surface area contributed by atoms with Crippen molar-refractivity contribution in [2.75, 3.05) is 0 Å². The van der Waals surface area contributed by atoms with Crippen LogP contribution in [0.4, 0.5) is 0 Å². The first-order chi connectivity index (χ1) is 9.63. The summed E-state index contributed by atoms with van der Waals surface area (Å²) in [6.45, 7) is 4.71. The minimum Gasteiger partial charge on any atom is -0.271 e. The van der Waals surface area contributed by atoms with Crippen LogP contribution in [0.15, 0.2) is 36.5 Å². The van der Waals surface area contributed by atoms with E-state index in [0.717, 1.165) is 5.52 Å². The van der Waals surface area contributed by atoms with Crippen molar-refractivity contribution in [3.63, 3.8) is 0 Å². The highest BCUT2D eigenvalue weighted by atomic mass is 15.2. The summed E-state index contributed by atoms with van der Waals surface area (Å²) in [5.74, 6) is 6.47. The van der Waals surface area contributed by atoms with E-state index in [2.05, 4.69) is 48.5 Å². The lowest BCUT2D eigenvalue weighted by molar-refractivity contribution is 0.199. The van der Waals surface area contributed by atoms with E-state index in [1.807, 2.05) is 12.3 Å². The first kappa shape index (κ1) is 13.5. The zero-order valence-corrected chi connectivity index (χ0v) is 12.3. The number of nitrogens with two attached hydrogens (primary N) is 1. The van der Waals surface area contributed by atoms with Gasteiger partial charge in [0.05, 0.1) is 11.6 Å². The molecular formula is C17H23N3. The smallest absolute Gasteiger partial charge is 0.0750 e. The number of para-hydroxylation sites is 1. The molecule has 2 unspecified atom stereocenters. The number of benzene rings is 1. The summed E-state index contributed by atoms with van der Waals surface area (Å²) < 4.78 is 0. The van der Waals surface area contributed by atoms with Crippen molar-refractivity contribution >= 4 is 10.9 Å². The molecule has 1 saturated carbocycles. The lowest BCUT2D eigenvalue weighted by atomic mass is 9.75. The Morgan fingerprint density at radius 1 is 1.30 bits per heavy atom. The van der Waals surface area contributed by atoms with Crippen LogP contribution in [-0.4, -0.2) is 4.98 Å². The average Bonchev–Trinajstić information content (AvgIpc) is 2.80. The Kier molecular flexibility index (Phi) is 3.48. The van der Waals surface area contributed by atoms with E-state index in [0.29, 0.717) is 11.3 Å². The Morgan fingerprint density at radius 2 is 2.10 bits per heavy atom. The fourth-order valence-corrected chi connectivity index (χ4v) is 3.77. The van der Waals surface area contributed by atoms with Crippen molar-refractivity contribution < 1.29 is 0 Å². The van der Waals surface area contributed by atoms with Gasteiger partial charge in [-0.3, -0.25) is 16.3 Å². The van der Waals surface area contributed by atoms with Crippen LogP contribution in [0.25, 0.3) is 10.9 Å². The maximum absolute atomic E-state index is 5.92. The summed E-state index contributed by atoms with van der Waals surface area (Å²) in [7, 11) is 0. The van der Waals surface area contributed by atoms with Crippen molar-refractivity contribution in [3.05, 3.63) is 42.1 Å². The molecule has 1 aromatic heterocycles. The maximum atomic E-state index is 5.92. The Balaban J connectivity index is 2.08. The highest BCUT2D eigenvalue weighted by Gasteiger charge is 2.40. The lowest BCUT2D eigenvalue weighted by Crippen LogP contribution is -2.37. The van der Waals surface area contributed by atoms with Gasteiger partial charge in [-0.15, -0.1) is 0 Å². The summed E-state index contributed by atoms with van der Waals surface area (Å²) in [6.07, 6.45) is 5.65. The van der Waals surface area contributed by atoms with Crippen molar-refractivity contribution in [3.8, 4) is 0 Å². The summed E-state index contributed by atoms with van der Waals surface area (Å²) in [5.41, 5.74) is 5.69. The molecule has 3 rings (SSSR count). The van der Waals surface area contributed by atoms with Crippen LogP contribution < -0.4 is 11.3 Å². The number of nitrogens with zero attached hydrogens (tertiary/aromatic N) is 1. The SMILES string of the molecule is CC1(C)CCCC1C(NN)c1cccc2cccnc12. The second-order valence-corrected chi connectivity index (χ2v) is 6.55. The number of pyridine rings is 1. The fraction of sp³-hybridized carbons (Fsp3) is 0.471. The molecule has 0 saturated heterocycles. The molecule has 0 aliphatic heterocycles. The minimum atomic E-state index is 0.172. The highest BCUT2D eigenvalue weighted by Crippen LogP contribution is 2.49. The van der Waals surface area contributed by atoms with Crippen LogP contribution in [0.3, 0.4) is 0 Å². The first-order valence-electron chi connectivity index (χ1n) is 7.43. The van der Waals surface area contributed by atoms with Gasteiger partial charge in [0.2, 0.25) is 0 Å². The Hall–Kier alpha value is -1.45. The summed E-state index contributed by atoms with van der Waals surface area (Å²) >= 11 is 0. The third kappa shape index (κ3) is 2.21. The van der Waals surface area contributed by atoms with Crippen molar-refractivity contribution in [2.24, 2.45) is 17.2 Å². The Labute approximate surface area is 120 Å². The average molecular weight is 269 g/mol. The molecule has 1 fully saturated rings. The summed E-state index contributed by atoms with van der Waals surface area (Å²) in [5, 5.41) is 1.18. The first-order valence-corrected chi connectivity index (χ1v) is 7.43. The Bertz CT molecular complexity index is 601. The van der Waals surface area contributed by atoms with Crippen molar-refractivity contribution in [1.29, 1.82) is 0 Å². The molecule has 1 heterocycles. The highest BCUT2D eigenvalue weighted by molar-refractivity contribution is 5.82. The molecule has 1 aliphatic rings. The second kappa shape index (κ2) is 5.15. The largest absolute Gasteiger partial charge is 0.271 e. The van der Waals surface area contributed by atoms with E-state index in [1.165, 1.54) is 30.2 Å². The number of nitrogens with one attached hydrogen (secondary N) is 1. The number of hydrogen-bond donors (Lipinski definition) is 2. The molecule has 1 aromatic carbocycles. The van der Waals surface area contributed by atoms with Crippen LogP contribution >= 0.6 is 0 Å². The molecule has 106 valence electrons. The van der Waals surface area contributed by atoms with Gasteiger partial charge < -0.3 is 0 Å². The minimum absolute atomic E-state index is 0.172. The van der Waals surface area contributed by atoms with Crippen LogP contribution in [0.2, 0.25) is 0 Å². The number of hydrogen-bond acceptors (Lipinski definition) is 3. The normalized spacial score (nSPS) is 23.1. The second-order valence-electron chi connectivity index (χ2n) is 6.55. The third-order valence-electron chi connectivity index (χ3n) is 4.92. The molecule has 0 spiro atoms. The molecule has 0 radical (unpaired) electrons. The zero-order chi connectivity index (χ0) is 14.2. The van der Waals surface area contributed by atoms with Gasteiger partial charge in [-0.25, -0.2) is 0 Å². The number of rotatable bonds is 3. The topological polar surface area (TPSA) is 50.9 Å². The Morgan fingerprint density at radius 3 is 2.80 bits per heavy atom. The lowest BCUT2D eigenvalue weighted by Gasteiger charge is -2.34. The van der Waals surface area contributed by atoms with Gasteiger partial charge in [0.15, 0.2) is 0 Å². The van der Waals surface area contributed by atoms with Gasteiger partial charge in [-0.1, -0.05) is 44.5 Å². The molecule has 3 heteroatoms. The predicted molar refractivity (Wildman–Crippen MR) is 82.9 cm³/mol. The molecule has 0 amide bonds. The van der Waals surface area contributed by atoms with Gasteiger partial charge in [0.25, 0.3) is 0 Å². The fourth-order valence-electron chi connectivity index (χ4n) is 3.77. The standard InChI is InChI=1S/C17H23N3/c1-17(2)10-4-9-14(17)16(20-18)13-8-3-6-12-7-5-11-19-15(12)13/h3,5-8,11,14,16,20H,4,9-10,18H2,1-2H3. The molecule has 2 aromatic rings. The predicted octanol–water partition coefficient (Wildman–Crippen LogP) is 3.57. The van der Waals surface area contributed by atoms with E-state index in [4.69, 9.17) is 5.84 Å². The van der Waals surface area contributed by atoms with Gasteiger partial charge >= 0.3 is 0 Å². The summed E-state index contributed by atoms with van der Waals surface area (Å²) in [6, 6.07) is 10.6. The third-order valence-corrected chi connectivity index (χ3v) is 4.92. The van der Waals surface area contributed by atoms with Crippen LogP contribution in [-0.2, 0) is 0 Å².